The minimum absolute atomic E-state index is 0.0740. The molecule has 0 aromatic rings. The van der Waals surface area contributed by atoms with Crippen molar-refractivity contribution < 1.29 is 4.74 Å². The van der Waals surface area contributed by atoms with Crippen molar-refractivity contribution in [2.45, 2.75) is 5.38 Å². The van der Waals surface area contributed by atoms with E-state index in [1.807, 2.05) is 13.1 Å². The highest BCUT2D eigenvalue weighted by atomic mass is 35.5. The van der Waals surface area contributed by atoms with E-state index in [2.05, 4.69) is 11.5 Å². The third kappa shape index (κ3) is 6.35. The summed E-state index contributed by atoms with van der Waals surface area (Å²) >= 11 is 5.91. The quantitative estimate of drug-likeness (QED) is 0.449. The SMILES string of the molecule is C=CCN(C)CC(Cl)COC. The fourth-order valence-electron chi connectivity index (χ4n) is 0.867. The molecule has 3 heteroatoms. The van der Waals surface area contributed by atoms with E-state index in [0.717, 1.165) is 13.1 Å². The van der Waals surface area contributed by atoms with Gasteiger partial charge in [-0.2, -0.15) is 0 Å². The van der Waals surface area contributed by atoms with Gasteiger partial charge in [0.05, 0.1) is 12.0 Å². The van der Waals surface area contributed by atoms with Crippen LogP contribution in [0.2, 0.25) is 0 Å². The smallest absolute Gasteiger partial charge is 0.0696 e. The predicted octanol–water partition coefficient (Wildman–Crippen LogP) is 1.36. The molecule has 0 amide bonds. The Bertz CT molecular complexity index is 108. The summed E-state index contributed by atoms with van der Waals surface area (Å²) in [5.41, 5.74) is 0. The van der Waals surface area contributed by atoms with Crippen LogP contribution in [-0.2, 0) is 4.74 Å². The first-order chi connectivity index (χ1) is 5.20. The van der Waals surface area contributed by atoms with E-state index < -0.39 is 0 Å². The van der Waals surface area contributed by atoms with Gasteiger partial charge in [0, 0.05) is 20.2 Å². The van der Waals surface area contributed by atoms with Crippen LogP contribution >= 0.6 is 11.6 Å². The lowest BCUT2D eigenvalue weighted by Crippen LogP contribution is -2.28. The van der Waals surface area contributed by atoms with Crippen molar-refractivity contribution in [3.05, 3.63) is 12.7 Å². The molecular weight excluding hydrogens is 162 g/mol. The first-order valence-corrected chi connectivity index (χ1v) is 4.06. The lowest BCUT2D eigenvalue weighted by atomic mass is 10.4. The van der Waals surface area contributed by atoms with Gasteiger partial charge in [0.25, 0.3) is 0 Å². The molecule has 0 fully saturated rings. The van der Waals surface area contributed by atoms with Gasteiger partial charge in [-0.15, -0.1) is 18.2 Å². The molecule has 0 heterocycles. The van der Waals surface area contributed by atoms with Gasteiger partial charge in [0.15, 0.2) is 0 Å². The summed E-state index contributed by atoms with van der Waals surface area (Å²) in [7, 11) is 3.66. The van der Waals surface area contributed by atoms with Crippen LogP contribution in [-0.4, -0.2) is 44.1 Å². The maximum absolute atomic E-state index is 5.91. The molecule has 0 spiro atoms. The Morgan fingerprint density at radius 1 is 1.73 bits per heavy atom. The van der Waals surface area contributed by atoms with Crippen LogP contribution in [0.25, 0.3) is 0 Å². The zero-order valence-electron chi connectivity index (χ0n) is 7.22. The number of rotatable bonds is 6. The molecule has 0 bridgehead atoms. The van der Waals surface area contributed by atoms with Crippen molar-refractivity contribution in [3.63, 3.8) is 0 Å². The van der Waals surface area contributed by atoms with Crippen molar-refractivity contribution in [1.29, 1.82) is 0 Å². The van der Waals surface area contributed by atoms with E-state index in [4.69, 9.17) is 16.3 Å². The average molecular weight is 178 g/mol. The van der Waals surface area contributed by atoms with Crippen LogP contribution in [0, 0.1) is 0 Å². The molecule has 66 valence electrons. The van der Waals surface area contributed by atoms with E-state index in [9.17, 15) is 0 Å². The standard InChI is InChI=1S/C8H16ClNO/c1-4-5-10(2)6-8(9)7-11-3/h4,8H,1,5-7H2,2-3H3. The van der Waals surface area contributed by atoms with Crippen LogP contribution in [0.15, 0.2) is 12.7 Å². The molecule has 0 N–H and O–H groups in total. The van der Waals surface area contributed by atoms with Gasteiger partial charge in [-0.3, -0.25) is 0 Å². The van der Waals surface area contributed by atoms with Gasteiger partial charge in [-0.05, 0) is 7.05 Å². The van der Waals surface area contributed by atoms with Gasteiger partial charge >= 0.3 is 0 Å². The van der Waals surface area contributed by atoms with E-state index in [0.29, 0.717) is 6.61 Å². The fraction of sp³-hybridized carbons (Fsp3) is 0.750. The number of hydrogen-bond acceptors (Lipinski definition) is 2. The molecule has 0 radical (unpaired) electrons. The van der Waals surface area contributed by atoms with Crippen LogP contribution in [0.3, 0.4) is 0 Å². The van der Waals surface area contributed by atoms with Crippen LogP contribution in [0.1, 0.15) is 0 Å². The molecule has 1 unspecified atom stereocenters. The number of ether oxygens (including phenoxy) is 1. The summed E-state index contributed by atoms with van der Waals surface area (Å²) in [4.78, 5) is 2.10. The Labute approximate surface area is 73.8 Å². The fourth-order valence-corrected chi connectivity index (χ4v) is 1.23. The van der Waals surface area contributed by atoms with Crippen molar-refractivity contribution in [2.24, 2.45) is 0 Å². The van der Waals surface area contributed by atoms with Crippen molar-refractivity contribution in [3.8, 4) is 0 Å². The van der Waals surface area contributed by atoms with Gasteiger partial charge in [0.1, 0.15) is 0 Å². The lowest BCUT2D eigenvalue weighted by Gasteiger charge is -2.17. The molecule has 0 aliphatic rings. The molecule has 2 nitrogen and oxygen atoms in total. The van der Waals surface area contributed by atoms with Gasteiger partial charge in [-0.1, -0.05) is 6.08 Å². The second kappa shape index (κ2) is 6.65. The summed E-state index contributed by atoms with van der Waals surface area (Å²) in [5.74, 6) is 0. The molecule has 0 aromatic carbocycles. The third-order valence-electron chi connectivity index (χ3n) is 1.30. The summed E-state index contributed by atoms with van der Waals surface area (Å²) in [6, 6.07) is 0. The number of methoxy groups -OCH3 is 1. The number of hydrogen-bond donors (Lipinski definition) is 0. The first-order valence-electron chi connectivity index (χ1n) is 3.63. The van der Waals surface area contributed by atoms with Crippen molar-refractivity contribution >= 4 is 11.6 Å². The molecule has 0 saturated carbocycles. The zero-order chi connectivity index (χ0) is 8.69. The monoisotopic (exact) mass is 177 g/mol. The van der Waals surface area contributed by atoms with Gasteiger partial charge in [0.2, 0.25) is 0 Å². The highest BCUT2D eigenvalue weighted by Crippen LogP contribution is 1.98. The summed E-state index contributed by atoms with van der Waals surface area (Å²) < 4.78 is 4.90. The van der Waals surface area contributed by atoms with E-state index in [1.54, 1.807) is 7.11 Å². The minimum atomic E-state index is 0.0740. The summed E-state index contributed by atoms with van der Waals surface area (Å²) in [6.07, 6.45) is 1.86. The number of halogens is 1. The van der Waals surface area contributed by atoms with Crippen LogP contribution in [0.4, 0.5) is 0 Å². The highest BCUT2D eigenvalue weighted by Gasteiger charge is 2.05. The number of nitrogens with zero attached hydrogens (tertiary/aromatic N) is 1. The zero-order valence-corrected chi connectivity index (χ0v) is 7.97. The predicted molar refractivity (Wildman–Crippen MR) is 49.2 cm³/mol. The molecule has 0 aliphatic heterocycles. The highest BCUT2D eigenvalue weighted by molar-refractivity contribution is 6.20. The first kappa shape index (κ1) is 11.0. The Morgan fingerprint density at radius 2 is 2.36 bits per heavy atom. The number of alkyl halides is 1. The second-order valence-electron chi connectivity index (χ2n) is 2.56. The van der Waals surface area contributed by atoms with Crippen molar-refractivity contribution in [1.82, 2.24) is 4.90 Å². The molecule has 1 atom stereocenters. The summed E-state index contributed by atoms with van der Waals surface area (Å²) in [5, 5.41) is 0.0740. The second-order valence-corrected chi connectivity index (χ2v) is 3.18. The van der Waals surface area contributed by atoms with E-state index in [1.165, 1.54) is 0 Å². The molecule has 0 rings (SSSR count). The Morgan fingerprint density at radius 3 is 2.82 bits per heavy atom. The molecule has 0 aromatic heterocycles. The Hall–Kier alpha value is -0.0500. The topological polar surface area (TPSA) is 12.5 Å². The molecule has 0 aliphatic carbocycles. The van der Waals surface area contributed by atoms with Gasteiger partial charge < -0.3 is 9.64 Å². The minimum Gasteiger partial charge on any atom is -0.383 e. The Kier molecular flexibility index (Phi) is 6.62. The van der Waals surface area contributed by atoms with E-state index >= 15 is 0 Å². The Balaban J connectivity index is 3.39. The maximum Gasteiger partial charge on any atom is 0.0696 e. The maximum atomic E-state index is 5.91. The van der Waals surface area contributed by atoms with Gasteiger partial charge in [-0.25, -0.2) is 0 Å². The molecule has 11 heavy (non-hydrogen) atoms. The largest absolute Gasteiger partial charge is 0.383 e. The third-order valence-corrected chi connectivity index (χ3v) is 1.56. The molecular formula is C8H16ClNO. The molecule has 0 saturated heterocycles. The van der Waals surface area contributed by atoms with Crippen LogP contribution in [0.5, 0.6) is 0 Å². The van der Waals surface area contributed by atoms with Crippen molar-refractivity contribution in [2.75, 3.05) is 33.9 Å². The van der Waals surface area contributed by atoms with Crippen LogP contribution < -0.4 is 0 Å². The number of likely N-dealkylation sites (N-methyl/N-ethyl adjacent to an activating group) is 1. The van der Waals surface area contributed by atoms with E-state index in [-0.39, 0.29) is 5.38 Å². The normalized spacial score (nSPS) is 13.5. The lowest BCUT2D eigenvalue weighted by molar-refractivity contribution is 0.185. The average Bonchev–Trinajstić information content (AvgIpc) is 1.87. The summed E-state index contributed by atoms with van der Waals surface area (Å²) in [6.45, 7) is 5.94.